The number of aliphatic imine (C=N–C) groups is 1. The highest BCUT2D eigenvalue weighted by atomic mass is 15.2. The fourth-order valence-electron chi connectivity index (χ4n) is 4.39. The predicted molar refractivity (Wildman–Crippen MR) is 119 cm³/mol. The Morgan fingerprint density at radius 1 is 1.07 bits per heavy atom. The maximum atomic E-state index is 4.76. The first-order chi connectivity index (χ1) is 12.7. The molecule has 1 atom stereocenters. The van der Waals surface area contributed by atoms with Crippen molar-refractivity contribution < 1.29 is 0 Å². The Kier molecular flexibility index (Phi) is 5.46. The second kappa shape index (κ2) is 7.50. The van der Waals surface area contributed by atoms with Crippen molar-refractivity contribution in [2.75, 3.05) is 11.4 Å². The molecule has 0 fully saturated rings. The van der Waals surface area contributed by atoms with E-state index in [0.29, 0.717) is 5.92 Å². The van der Waals surface area contributed by atoms with Crippen molar-refractivity contribution in [3.05, 3.63) is 58.1 Å². The topological polar surface area (TPSA) is 15.6 Å². The van der Waals surface area contributed by atoms with Gasteiger partial charge < -0.3 is 4.90 Å². The molecular formula is C25H34N2. The fraction of sp³-hybridized carbons (Fsp3) is 0.480. The van der Waals surface area contributed by atoms with Crippen LogP contribution in [-0.4, -0.2) is 18.3 Å². The summed E-state index contributed by atoms with van der Waals surface area (Å²) in [5.41, 5.74) is 9.25. The Morgan fingerprint density at radius 3 is 2.48 bits per heavy atom. The van der Waals surface area contributed by atoms with Crippen molar-refractivity contribution in [2.45, 2.75) is 72.8 Å². The van der Waals surface area contributed by atoms with Gasteiger partial charge in [-0.2, -0.15) is 0 Å². The SMILES string of the molecule is CCCN1c2cc(C)c(C=Nc3ccc(C)c(C)c3)cc2C(C)CC1(C)C. The van der Waals surface area contributed by atoms with Gasteiger partial charge in [0.15, 0.2) is 0 Å². The van der Waals surface area contributed by atoms with Gasteiger partial charge >= 0.3 is 0 Å². The zero-order valence-electron chi connectivity index (χ0n) is 18.1. The molecule has 27 heavy (non-hydrogen) atoms. The molecule has 0 saturated carbocycles. The minimum atomic E-state index is 0.212. The molecule has 0 radical (unpaired) electrons. The summed E-state index contributed by atoms with van der Waals surface area (Å²) < 4.78 is 0. The number of fused-ring (bicyclic) bond motifs is 1. The van der Waals surface area contributed by atoms with E-state index in [4.69, 9.17) is 4.99 Å². The molecule has 2 aromatic rings. The smallest absolute Gasteiger partial charge is 0.0632 e. The third-order valence-corrected chi connectivity index (χ3v) is 6.06. The summed E-state index contributed by atoms with van der Waals surface area (Å²) >= 11 is 0. The maximum absolute atomic E-state index is 4.76. The summed E-state index contributed by atoms with van der Waals surface area (Å²) in [6, 6.07) is 11.2. The van der Waals surface area contributed by atoms with Crippen LogP contribution in [0.2, 0.25) is 0 Å². The Balaban J connectivity index is 1.99. The molecule has 144 valence electrons. The van der Waals surface area contributed by atoms with Crippen LogP contribution in [-0.2, 0) is 0 Å². The fourth-order valence-corrected chi connectivity index (χ4v) is 4.39. The minimum Gasteiger partial charge on any atom is -0.366 e. The molecule has 1 aliphatic heterocycles. The van der Waals surface area contributed by atoms with E-state index >= 15 is 0 Å². The van der Waals surface area contributed by atoms with Crippen molar-refractivity contribution in [1.82, 2.24) is 0 Å². The first-order valence-electron chi connectivity index (χ1n) is 10.3. The first kappa shape index (κ1) is 19.7. The lowest BCUT2D eigenvalue weighted by atomic mass is 9.79. The average Bonchev–Trinajstić information content (AvgIpc) is 2.59. The van der Waals surface area contributed by atoms with E-state index < -0.39 is 0 Å². The van der Waals surface area contributed by atoms with Gasteiger partial charge in [0.2, 0.25) is 0 Å². The predicted octanol–water partition coefficient (Wildman–Crippen LogP) is 6.86. The monoisotopic (exact) mass is 362 g/mol. The van der Waals surface area contributed by atoms with Crippen LogP contribution in [0, 0.1) is 20.8 Å². The Hall–Kier alpha value is -2.09. The van der Waals surface area contributed by atoms with E-state index in [2.05, 4.69) is 83.7 Å². The average molecular weight is 363 g/mol. The zero-order chi connectivity index (χ0) is 19.8. The van der Waals surface area contributed by atoms with Crippen LogP contribution in [0.25, 0.3) is 0 Å². The van der Waals surface area contributed by atoms with Crippen LogP contribution in [0.1, 0.15) is 74.3 Å². The summed E-state index contributed by atoms with van der Waals surface area (Å²) in [5.74, 6) is 0.567. The van der Waals surface area contributed by atoms with Crippen molar-refractivity contribution in [3.8, 4) is 0 Å². The zero-order valence-corrected chi connectivity index (χ0v) is 18.1. The lowest BCUT2D eigenvalue weighted by Crippen LogP contribution is -2.48. The standard InChI is InChI=1S/C25H34N2/c1-8-11-27-24-13-19(4)21(14-23(24)20(5)15-25(27,6)7)16-26-22-10-9-17(2)18(3)12-22/h9-10,12-14,16,20H,8,11,15H2,1-7H3. The van der Waals surface area contributed by atoms with Crippen LogP contribution >= 0.6 is 0 Å². The quantitative estimate of drug-likeness (QED) is 0.542. The lowest BCUT2D eigenvalue weighted by molar-refractivity contribution is 0.376. The molecule has 0 N–H and O–H groups in total. The van der Waals surface area contributed by atoms with E-state index in [0.717, 1.165) is 12.2 Å². The number of hydrogen-bond donors (Lipinski definition) is 0. The van der Waals surface area contributed by atoms with Gasteiger partial charge in [-0.25, -0.2) is 0 Å². The molecule has 2 aromatic carbocycles. The number of aryl methyl sites for hydroxylation is 3. The number of hydrogen-bond acceptors (Lipinski definition) is 2. The van der Waals surface area contributed by atoms with E-state index in [1.54, 1.807) is 0 Å². The normalized spacial score (nSPS) is 18.8. The molecule has 0 aromatic heterocycles. The van der Waals surface area contributed by atoms with Crippen LogP contribution < -0.4 is 4.90 Å². The van der Waals surface area contributed by atoms with Gasteiger partial charge in [0.05, 0.1) is 5.69 Å². The number of anilines is 1. The molecule has 1 unspecified atom stereocenters. The molecule has 3 rings (SSSR count). The van der Waals surface area contributed by atoms with Crippen molar-refractivity contribution in [1.29, 1.82) is 0 Å². The van der Waals surface area contributed by atoms with Crippen LogP contribution in [0.3, 0.4) is 0 Å². The molecule has 2 nitrogen and oxygen atoms in total. The summed E-state index contributed by atoms with van der Waals surface area (Å²) in [7, 11) is 0. The number of nitrogens with zero attached hydrogens (tertiary/aromatic N) is 2. The third-order valence-electron chi connectivity index (χ3n) is 6.06. The molecule has 0 bridgehead atoms. The molecule has 0 amide bonds. The van der Waals surface area contributed by atoms with Crippen molar-refractivity contribution >= 4 is 17.6 Å². The van der Waals surface area contributed by atoms with E-state index in [9.17, 15) is 0 Å². The Bertz CT molecular complexity index is 861. The Labute approximate surface area is 165 Å². The molecular weight excluding hydrogens is 328 g/mol. The van der Waals surface area contributed by atoms with Gasteiger partial charge in [-0.3, -0.25) is 4.99 Å². The number of benzene rings is 2. The maximum Gasteiger partial charge on any atom is 0.0632 e. The van der Waals surface area contributed by atoms with Gasteiger partial charge in [0.25, 0.3) is 0 Å². The van der Waals surface area contributed by atoms with Gasteiger partial charge in [-0.1, -0.05) is 19.9 Å². The van der Waals surface area contributed by atoms with Gasteiger partial charge in [-0.05, 0) is 105 Å². The first-order valence-corrected chi connectivity index (χ1v) is 10.3. The molecule has 0 saturated heterocycles. The second-order valence-electron chi connectivity index (χ2n) is 8.86. The third kappa shape index (κ3) is 3.95. The summed E-state index contributed by atoms with van der Waals surface area (Å²) in [6.07, 6.45) is 4.40. The molecule has 0 spiro atoms. The van der Waals surface area contributed by atoms with Crippen molar-refractivity contribution in [3.63, 3.8) is 0 Å². The second-order valence-corrected chi connectivity index (χ2v) is 8.86. The van der Waals surface area contributed by atoms with E-state index in [1.807, 2.05) is 6.21 Å². The summed E-state index contributed by atoms with van der Waals surface area (Å²) in [6.45, 7) is 17.0. The van der Waals surface area contributed by atoms with E-state index in [-0.39, 0.29) is 5.54 Å². The summed E-state index contributed by atoms with van der Waals surface area (Å²) in [4.78, 5) is 7.37. The molecule has 1 heterocycles. The van der Waals surface area contributed by atoms with Crippen molar-refractivity contribution in [2.24, 2.45) is 4.99 Å². The lowest BCUT2D eigenvalue weighted by Gasteiger charge is -2.48. The largest absolute Gasteiger partial charge is 0.366 e. The number of rotatable bonds is 4. The minimum absolute atomic E-state index is 0.212. The highest BCUT2D eigenvalue weighted by molar-refractivity contribution is 5.86. The molecule has 2 heteroatoms. The van der Waals surface area contributed by atoms with Gasteiger partial charge in [0.1, 0.15) is 0 Å². The van der Waals surface area contributed by atoms with Gasteiger partial charge in [-0.15, -0.1) is 0 Å². The molecule has 1 aliphatic rings. The Morgan fingerprint density at radius 2 is 1.81 bits per heavy atom. The van der Waals surface area contributed by atoms with E-state index in [1.165, 1.54) is 46.3 Å². The van der Waals surface area contributed by atoms with Crippen LogP contribution in [0.15, 0.2) is 35.3 Å². The summed E-state index contributed by atoms with van der Waals surface area (Å²) in [5, 5.41) is 0. The highest BCUT2D eigenvalue weighted by Crippen LogP contribution is 2.44. The van der Waals surface area contributed by atoms with Crippen LogP contribution in [0.5, 0.6) is 0 Å². The molecule has 0 aliphatic carbocycles. The van der Waals surface area contributed by atoms with Crippen LogP contribution in [0.4, 0.5) is 11.4 Å². The van der Waals surface area contributed by atoms with Gasteiger partial charge in [0, 0.05) is 24.0 Å². The highest BCUT2D eigenvalue weighted by Gasteiger charge is 2.36.